The van der Waals surface area contributed by atoms with Crippen LogP contribution in [-0.2, 0) is 0 Å². The molecule has 2 N–H and O–H groups in total. The van der Waals surface area contributed by atoms with E-state index in [2.05, 4.69) is 5.32 Å². The fourth-order valence-electron chi connectivity index (χ4n) is 1.83. The monoisotopic (exact) mass is 269 g/mol. The molecule has 2 aromatic carbocycles. The van der Waals surface area contributed by atoms with Gasteiger partial charge in [-0.3, -0.25) is 4.79 Å². The van der Waals surface area contributed by atoms with Gasteiger partial charge < -0.3 is 10.4 Å². The molecule has 3 nitrogen and oxygen atoms in total. The molecule has 0 aliphatic rings. The fourth-order valence-corrected chi connectivity index (χ4v) is 2.79. The van der Waals surface area contributed by atoms with E-state index in [0.29, 0.717) is 10.6 Å². The molecular weight excluding hydrogens is 258 g/mol. The second-order valence-corrected chi connectivity index (χ2v) is 5.23. The zero-order chi connectivity index (χ0) is 13.2. The van der Waals surface area contributed by atoms with Crippen molar-refractivity contribution in [3.05, 3.63) is 59.5 Å². The summed E-state index contributed by atoms with van der Waals surface area (Å²) >= 11 is 1.47. The lowest BCUT2D eigenvalue weighted by Gasteiger charge is -2.02. The number of aromatic hydroxyl groups is 1. The number of phenolic OH excluding ortho intramolecular Hbond substituents is 1. The lowest BCUT2D eigenvalue weighted by Crippen LogP contribution is -2.09. The van der Waals surface area contributed by atoms with E-state index in [0.717, 1.165) is 10.1 Å². The molecule has 1 heterocycles. The molecule has 19 heavy (non-hydrogen) atoms. The van der Waals surface area contributed by atoms with Crippen LogP contribution in [0.3, 0.4) is 0 Å². The largest absolute Gasteiger partial charge is 0.508 e. The van der Waals surface area contributed by atoms with Gasteiger partial charge in [-0.25, -0.2) is 0 Å². The molecule has 0 atom stereocenters. The highest BCUT2D eigenvalue weighted by Crippen LogP contribution is 2.26. The predicted molar refractivity (Wildman–Crippen MR) is 77.9 cm³/mol. The third kappa shape index (κ3) is 2.44. The molecule has 0 radical (unpaired) electrons. The maximum Gasteiger partial charge on any atom is 0.265 e. The van der Waals surface area contributed by atoms with Gasteiger partial charge in [-0.15, -0.1) is 11.3 Å². The van der Waals surface area contributed by atoms with E-state index in [1.807, 2.05) is 30.3 Å². The summed E-state index contributed by atoms with van der Waals surface area (Å²) in [6.07, 6.45) is 0. The lowest BCUT2D eigenvalue weighted by molar-refractivity contribution is 0.103. The van der Waals surface area contributed by atoms with Gasteiger partial charge in [0.1, 0.15) is 5.75 Å². The molecule has 0 bridgehead atoms. The van der Waals surface area contributed by atoms with E-state index in [1.165, 1.54) is 11.3 Å². The smallest absolute Gasteiger partial charge is 0.265 e. The Kier molecular flexibility index (Phi) is 2.93. The number of nitrogens with one attached hydrogen (secondary N) is 1. The fraction of sp³-hybridized carbons (Fsp3) is 0. The number of thiophene rings is 1. The van der Waals surface area contributed by atoms with Crippen LogP contribution < -0.4 is 5.32 Å². The number of hydrogen-bond donors (Lipinski definition) is 2. The van der Waals surface area contributed by atoms with Crippen molar-refractivity contribution in [1.29, 1.82) is 0 Å². The number of hydrogen-bond acceptors (Lipinski definition) is 3. The van der Waals surface area contributed by atoms with Crippen LogP contribution in [0.1, 0.15) is 9.67 Å². The predicted octanol–water partition coefficient (Wildman–Crippen LogP) is 3.86. The summed E-state index contributed by atoms with van der Waals surface area (Å²) in [5.74, 6) is 0.0479. The van der Waals surface area contributed by atoms with Gasteiger partial charge in [-0.1, -0.05) is 18.2 Å². The van der Waals surface area contributed by atoms with Gasteiger partial charge in [-0.05, 0) is 41.8 Å². The van der Waals surface area contributed by atoms with Gasteiger partial charge >= 0.3 is 0 Å². The van der Waals surface area contributed by atoms with Crippen LogP contribution in [0.2, 0.25) is 0 Å². The number of amides is 1. The number of fused-ring (bicyclic) bond motifs is 1. The zero-order valence-corrected chi connectivity index (χ0v) is 10.8. The van der Waals surface area contributed by atoms with Crippen LogP contribution in [0.25, 0.3) is 10.1 Å². The molecule has 0 aliphatic heterocycles. The van der Waals surface area contributed by atoms with Gasteiger partial charge in [0.15, 0.2) is 0 Å². The Morgan fingerprint density at radius 1 is 1.05 bits per heavy atom. The van der Waals surface area contributed by atoms with Crippen molar-refractivity contribution in [2.45, 2.75) is 0 Å². The summed E-state index contributed by atoms with van der Waals surface area (Å²) in [5, 5.41) is 13.1. The summed E-state index contributed by atoms with van der Waals surface area (Å²) in [6, 6.07) is 16.2. The Morgan fingerprint density at radius 3 is 2.53 bits per heavy atom. The van der Waals surface area contributed by atoms with Crippen molar-refractivity contribution in [1.82, 2.24) is 0 Å². The molecule has 0 saturated carbocycles. The van der Waals surface area contributed by atoms with Crippen LogP contribution in [0, 0.1) is 0 Å². The average molecular weight is 269 g/mol. The summed E-state index contributed by atoms with van der Waals surface area (Å²) in [4.78, 5) is 12.8. The molecule has 0 fully saturated rings. The van der Waals surface area contributed by atoms with Crippen molar-refractivity contribution in [2.75, 3.05) is 5.32 Å². The highest BCUT2D eigenvalue weighted by atomic mass is 32.1. The van der Waals surface area contributed by atoms with Crippen LogP contribution in [0.4, 0.5) is 5.69 Å². The minimum absolute atomic E-state index is 0.133. The van der Waals surface area contributed by atoms with Crippen LogP contribution in [0.15, 0.2) is 54.6 Å². The maximum atomic E-state index is 12.1. The molecule has 4 heteroatoms. The second-order valence-electron chi connectivity index (χ2n) is 4.15. The number of carbonyl (C=O) groups excluding carboxylic acids is 1. The molecule has 0 aliphatic carbocycles. The maximum absolute atomic E-state index is 12.1. The lowest BCUT2D eigenvalue weighted by atomic mass is 10.2. The van der Waals surface area contributed by atoms with Crippen molar-refractivity contribution < 1.29 is 9.90 Å². The summed E-state index contributed by atoms with van der Waals surface area (Å²) < 4.78 is 1.10. The first kappa shape index (κ1) is 11.7. The molecule has 0 unspecified atom stereocenters. The van der Waals surface area contributed by atoms with Crippen molar-refractivity contribution in [3.8, 4) is 5.75 Å². The highest BCUT2D eigenvalue weighted by molar-refractivity contribution is 7.20. The van der Waals surface area contributed by atoms with Gasteiger partial charge in [-0.2, -0.15) is 0 Å². The third-order valence-corrected chi connectivity index (χ3v) is 3.89. The minimum Gasteiger partial charge on any atom is -0.508 e. The Balaban J connectivity index is 1.85. The van der Waals surface area contributed by atoms with Gasteiger partial charge in [0, 0.05) is 10.4 Å². The van der Waals surface area contributed by atoms with E-state index in [4.69, 9.17) is 0 Å². The molecule has 1 aromatic heterocycles. The average Bonchev–Trinajstić information content (AvgIpc) is 2.85. The van der Waals surface area contributed by atoms with E-state index >= 15 is 0 Å². The van der Waals surface area contributed by atoms with E-state index in [-0.39, 0.29) is 11.7 Å². The number of phenols is 1. The first-order valence-corrected chi connectivity index (χ1v) is 6.63. The van der Waals surface area contributed by atoms with Crippen molar-refractivity contribution in [2.24, 2.45) is 0 Å². The van der Waals surface area contributed by atoms with Gasteiger partial charge in [0.2, 0.25) is 0 Å². The molecular formula is C15H11NO2S. The van der Waals surface area contributed by atoms with Crippen molar-refractivity contribution in [3.63, 3.8) is 0 Å². The zero-order valence-electron chi connectivity index (χ0n) is 9.96. The summed E-state index contributed by atoms with van der Waals surface area (Å²) in [7, 11) is 0. The minimum atomic E-state index is -0.133. The third-order valence-electron chi connectivity index (χ3n) is 2.77. The standard InChI is InChI=1S/C15H11NO2S/c17-12-7-5-11(6-8-12)16-15(18)14-9-10-3-1-2-4-13(10)19-14/h1-9,17H,(H,16,18). The number of benzene rings is 2. The molecule has 94 valence electrons. The summed E-state index contributed by atoms with van der Waals surface area (Å²) in [6.45, 7) is 0. The molecule has 3 rings (SSSR count). The number of anilines is 1. The van der Waals surface area contributed by atoms with E-state index < -0.39 is 0 Å². The molecule has 0 saturated heterocycles. The Morgan fingerprint density at radius 2 is 1.79 bits per heavy atom. The number of rotatable bonds is 2. The first-order valence-electron chi connectivity index (χ1n) is 5.81. The Hall–Kier alpha value is -2.33. The quantitative estimate of drug-likeness (QED) is 0.694. The van der Waals surface area contributed by atoms with Crippen LogP contribution >= 0.6 is 11.3 Å². The first-order chi connectivity index (χ1) is 9.22. The van der Waals surface area contributed by atoms with Gasteiger partial charge in [0.25, 0.3) is 5.91 Å². The Bertz CT molecular complexity index is 698. The second kappa shape index (κ2) is 4.74. The van der Waals surface area contributed by atoms with E-state index in [1.54, 1.807) is 24.3 Å². The molecule has 1 amide bonds. The summed E-state index contributed by atoms with van der Waals surface area (Å²) in [5.41, 5.74) is 0.667. The van der Waals surface area contributed by atoms with Gasteiger partial charge in [0.05, 0.1) is 4.88 Å². The van der Waals surface area contributed by atoms with Crippen molar-refractivity contribution >= 4 is 33.0 Å². The topological polar surface area (TPSA) is 49.3 Å². The van der Waals surface area contributed by atoms with Crippen LogP contribution in [0.5, 0.6) is 5.75 Å². The van der Waals surface area contributed by atoms with E-state index in [9.17, 15) is 9.90 Å². The molecule has 3 aromatic rings. The SMILES string of the molecule is O=C(Nc1ccc(O)cc1)c1cc2ccccc2s1. The number of carbonyl (C=O) groups is 1. The normalized spacial score (nSPS) is 10.5. The van der Waals surface area contributed by atoms with Crippen LogP contribution in [-0.4, -0.2) is 11.0 Å². The Labute approximate surface area is 114 Å². The highest BCUT2D eigenvalue weighted by Gasteiger charge is 2.10. The molecule has 0 spiro atoms.